The number of piperidine rings is 1. The highest BCUT2D eigenvalue weighted by Gasteiger charge is 2.32. The van der Waals surface area contributed by atoms with Crippen LogP contribution in [0.2, 0.25) is 0 Å². The van der Waals surface area contributed by atoms with E-state index in [1.165, 1.54) is 16.4 Å². The Balaban J connectivity index is 2.34. The van der Waals surface area contributed by atoms with Crippen LogP contribution in [-0.4, -0.2) is 37.5 Å². The Hall–Kier alpha value is -0.980. The Bertz CT molecular complexity index is 590. The molecular formula is C15H22FNO3S. The highest BCUT2D eigenvalue weighted by atomic mass is 32.2. The average molecular weight is 315 g/mol. The molecule has 1 aliphatic heterocycles. The van der Waals surface area contributed by atoms with E-state index < -0.39 is 15.8 Å². The van der Waals surface area contributed by atoms with Gasteiger partial charge in [0, 0.05) is 19.7 Å². The van der Waals surface area contributed by atoms with Gasteiger partial charge in [-0.05, 0) is 62.3 Å². The summed E-state index contributed by atoms with van der Waals surface area (Å²) in [6.07, 6.45) is 2.35. The van der Waals surface area contributed by atoms with Crippen LogP contribution in [0.1, 0.15) is 30.4 Å². The van der Waals surface area contributed by atoms with E-state index in [9.17, 15) is 12.8 Å². The van der Waals surface area contributed by atoms with Gasteiger partial charge in [-0.25, -0.2) is 12.8 Å². The molecule has 21 heavy (non-hydrogen) atoms. The molecule has 1 aliphatic rings. The highest BCUT2D eigenvalue weighted by molar-refractivity contribution is 7.89. The Kier molecular flexibility index (Phi) is 5.01. The van der Waals surface area contributed by atoms with Crippen LogP contribution in [0.5, 0.6) is 0 Å². The van der Waals surface area contributed by atoms with Gasteiger partial charge in [-0.2, -0.15) is 4.31 Å². The number of benzene rings is 1. The SMILES string of the molecule is Cc1cc(F)cc(C)c1S(=O)(=O)N1CCCC(CCO)C1. The van der Waals surface area contributed by atoms with Gasteiger partial charge in [0.25, 0.3) is 0 Å². The Morgan fingerprint density at radius 3 is 2.52 bits per heavy atom. The van der Waals surface area contributed by atoms with Crippen molar-refractivity contribution in [3.05, 3.63) is 29.1 Å². The molecule has 1 atom stereocenters. The number of nitrogens with zero attached hydrogens (tertiary/aromatic N) is 1. The van der Waals surface area contributed by atoms with Crippen molar-refractivity contribution < 1.29 is 17.9 Å². The quantitative estimate of drug-likeness (QED) is 0.927. The summed E-state index contributed by atoms with van der Waals surface area (Å²) in [6, 6.07) is 2.52. The standard InChI is InChI=1S/C15H22FNO3S/c1-11-8-14(16)9-12(2)15(11)21(19,20)17-6-3-4-13(10-17)5-7-18/h8-9,13,18H,3-7,10H2,1-2H3. The third-order valence-electron chi connectivity index (χ3n) is 4.04. The summed E-state index contributed by atoms with van der Waals surface area (Å²) in [4.78, 5) is 0.216. The van der Waals surface area contributed by atoms with Crippen molar-refractivity contribution in [2.24, 2.45) is 5.92 Å². The second kappa shape index (κ2) is 6.42. The molecule has 0 spiro atoms. The van der Waals surface area contributed by atoms with Crippen molar-refractivity contribution in [1.82, 2.24) is 4.31 Å². The summed E-state index contributed by atoms with van der Waals surface area (Å²) in [5.74, 6) is -0.222. The monoisotopic (exact) mass is 315 g/mol. The molecule has 6 heteroatoms. The van der Waals surface area contributed by atoms with Crippen molar-refractivity contribution in [3.63, 3.8) is 0 Å². The van der Waals surface area contributed by atoms with Crippen molar-refractivity contribution in [1.29, 1.82) is 0 Å². The van der Waals surface area contributed by atoms with Gasteiger partial charge in [-0.15, -0.1) is 0 Å². The first-order chi connectivity index (χ1) is 9.86. The number of aliphatic hydroxyl groups excluding tert-OH is 1. The molecule has 1 heterocycles. The summed E-state index contributed by atoms with van der Waals surface area (Å²) in [6.45, 7) is 4.24. The minimum absolute atomic E-state index is 0.0765. The fourth-order valence-electron chi connectivity index (χ4n) is 3.10. The van der Waals surface area contributed by atoms with Gasteiger partial charge in [0.05, 0.1) is 4.90 Å². The lowest BCUT2D eigenvalue weighted by atomic mass is 9.97. The molecule has 0 aromatic heterocycles. The van der Waals surface area contributed by atoms with Gasteiger partial charge >= 0.3 is 0 Å². The van der Waals surface area contributed by atoms with Crippen LogP contribution in [0, 0.1) is 25.6 Å². The Labute approximate surface area is 125 Å². The number of aliphatic hydroxyl groups is 1. The molecule has 0 bridgehead atoms. The molecule has 1 N–H and O–H groups in total. The zero-order valence-corrected chi connectivity index (χ0v) is 13.3. The number of hydrogen-bond acceptors (Lipinski definition) is 3. The molecule has 1 fully saturated rings. The zero-order chi connectivity index (χ0) is 15.6. The van der Waals surface area contributed by atoms with E-state index in [0.29, 0.717) is 30.6 Å². The van der Waals surface area contributed by atoms with Crippen LogP contribution in [0.4, 0.5) is 4.39 Å². The van der Waals surface area contributed by atoms with Gasteiger partial charge in [-0.3, -0.25) is 0 Å². The molecule has 1 saturated heterocycles. The second-order valence-corrected chi connectivity index (χ2v) is 7.63. The molecule has 0 saturated carbocycles. The number of aryl methyl sites for hydroxylation is 2. The fourth-order valence-corrected chi connectivity index (χ4v) is 5.06. The van der Waals surface area contributed by atoms with Gasteiger partial charge in [0.15, 0.2) is 0 Å². The lowest BCUT2D eigenvalue weighted by molar-refractivity contribution is 0.203. The number of rotatable bonds is 4. The zero-order valence-electron chi connectivity index (χ0n) is 12.5. The summed E-state index contributed by atoms with van der Waals surface area (Å²) < 4.78 is 40.5. The number of hydrogen-bond donors (Lipinski definition) is 1. The molecule has 1 aromatic rings. The van der Waals surface area contributed by atoms with E-state index in [0.717, 1.165) is 12.8 Å². The van der Waals surface area contributed by atoms with Gasteiger partial charge in [-0.1, -0.05) is 0 Å². The molecule has 2 rings (SSSR count). The van der Waals surface area contributed by atoms with E-state index >= 15 is 0 Å². The molecule has 1 unspecified atom stereocenters. The van der Waals surface area contributed by atoms with Gasteiger partial charge < -0.3 is 5.11 Å². The summed E-state index contributed by atoms with van der Waals surface area (Å²) in [7, 11) is -3.61. The third kappa shape index (κ3) is 3.44. The summed E-state index contributed by atoms with van der Waals surface area (Å²) >= 11 is 0. The minimum Gasteiger partial charge on any atom is -0.396 e. The van der Waals surface area contributed by atoms with E-state index in [-0.39, 0.29) is 17.4 Å². The van der Waals surface area contributed by atoms with Crippen LogP contribution < -0.4 is 0 Å². The van der Waals surface area contributed by atoms with E-state index in [4.69, 9.17) is 5.11 Å². The third-order valence-corrected chi connectivity index (χ3v) is 6.21. The lowest BCUT2D eigenvalue weighted by Gasteiger charge is -2.32. The summed E-state index contributed by atoms with van der Waals surface area (Å²) in [5.41, 5.74) is 0.883. The Morgan fingerprint density at radius 1 is 1.33 bits per heavy atom. The predicted molar refractivity (Wildman–Crippen MR) is 79.1 cm³/mol. The molecule has 0 amide bonds. The second-order valence-electron chi connectivity index (χ2n) is 5.75. The van der Waals surface area contributed by atoms with Crippen LogP contribution in [0.15, 0.2) is 17.0 Å². The topological polar surface area (TPSA) is 57.6 Å². The molecule has 4 nitrogen and oxygen atoms in total. The van der Waals surface area contributed by atoms with Crippen molar-refractivity contribution in [3.8, 4) is 0 Å². The van der Waals surface area contributed by atoms with Crippen LogP contribution in [-0.2, 0) is 10.0 Å². The minimum atomic E-state index is -3.61. The predicted octanol–water partition coefficient (Wildman–Crippen LogP) is 2.23. The van der Waals surface area contributed by atoms with Crippen molar-refractivity contribution in [2.75, 3.05) is 19.7 Å². The van der Waals surface area contributed by atoms with Crippen molar-refractivity contribution in [2.45, 2.75) is 38.0 Å². The number of halogens is 1. The normalized spacial score (nSPS) is 20.7. The average Bonchev–Trinajstić information content (AvgIpc) is 2.37. The fraction of sp³-hybridized carbons (Fsp3) is 0.600. The first-order valence-electron chi connectivity index (χ1n) is 7.24. The van der Waals surface area contributed by atoms with Gasteiger partial charge in [0.1, 0.15) is 5.82 Å². The first kappa shape index (κ1) is 16.4. The maximum atomic E-state index is 13.4. The van der Waals surface area contributed by atoms with Crippen LogP contribution in [0.25, 0.3) is 0 Å². The maximum Gasteiger partial charge on any atom is 0.243 e. The molecule has 118 valence electrons. The smallest absolute Gasteiger partial charge is 0.243 e. The van der Waals surface area contributed by atoms with Crippen LogP contribution >= 0.6 is 0 Å². The van der Waals surface area contributed by atoms with E-state index in [2.05, 4.69) is 0 Å². The van der Waals surface area contributed by atoms with Gasteiger partial charge in [0.2, 0.25) is 10.0 Å². The van der Waals surface area contributed by atoms with Crippen LogP contribution in [0.3, 0.4) is 0 Å². The van der Waals surface area contributed by atoms with E-state index in [1.807, 2.05) is 0 Å². The highest BCUT2D eigenvalue weighted by Crippen LogP contribution is 2.29. The molecule has 0 aliphatic carbocycles. The first-order valence-corrected chi connectivity index (χ1v) is 8.68. The molecule has 0 radical (unpaired) electrons. The van der Waals surface area contributed by atoms with E-state index in [1.54, 1.807) is 13.8 Å². The van der Waals surface area contributed by atoms with Crippen molar-refractivity contribution >= 4 is 10.0 Å². The molecule has 1 aromatic carbocycles. The molecular weight excluding hydrogens is 293 g/mol. The largest absolute Gasteiger partial charge is 0.396 e. The Morgan fingerprint density at radius 2 is 1.95 bits per heavy atom. The summed E-state index contributed by atoms with van der Waals surface area (Å²) in [5, 5.41) is 9.03. The maximum absolute atomic E-state index is 13.4. The lowest BCUT2D eigenvalue weighted by Crippen LogP contribution is -2.40. The number of sulfonamides is 1.